The van der Waals surface area contributed by atoms with Crippen LogP contribution < -0.4 is 10.0 Å². The number of sulfonamides is 1. The molecule has 0 atom stereocenters. The molecule has 148 valence electrons. The second kappa shape index (κ2) is 6.62. The molecule has 0 spiro atoms. The van der Waals surface area contributed by atoms with E-state index >= 15 is 0 Å². The zero-order valence-corrected chi connectivity index (χ0v) is 16.8. The Morgan fingerprint density at radius 3 is 2.26 bits per heavy atom. The standard InChI is InChI=1S/C19H24ClFN2O3S/c1-27(25,26)23-18(24)14-5-15(20)17(6-16(14)21)22-10-19-7-11-2-12(8-19)4-13(3-11)9-19/h5-6,11-13,22H,2-4,7-10H2,1H3,(H,23,24). The third-order valence-electron chi connectivity index (χ3n) is 6.40. The van der Waals surface area contributed by atoms with Crippen molar-refractivity contribution in [3.8, 4) is 0 Å². The zero-order valence-electron chi connectivity index (χ0n) is 15.2. The number of hydrogen-bond donors (Lipinski definition) is 2. The summed E-state index contributed by atoms with van der Waals surface area (Å²) in [6.45, 7) is 0.755. The third-order valence-corrected chi connectivity index (χ3v) is 7.27. The minimum Gasteiger partial charge on any atom is -0.383 e. The summed E-state index contributed by atoms with van der Waals surface area (Å²) in [5.41, 5.74) is 0.326. The molecule has 27 heavy (non-hydrogen) atoms. The van der Waals surface area contributed by atoms with E-state index < -0.39 is 21.7 Å². The number of nitrogens with one attached hydrogen (secondary N) is 2. The lowest BCUT2D eigenvalue weighted by Crippen LogP contribution is -2.49. The van der Waals surface area contributed by atoms with Crippen LogP contribution in [-0.2, 0) is 10.0 Å². The smallest absolute Gasteiger partial charge is 0.267 e. The maximum atomic E-state index is 14.4. The van der Waals surface area contributed by atoms with Gasteiger partial charge in [0.15, 0.2) is 0 Å². The molecule has 2 N–H and O–H groups in total. The van der Waals surface area contributed by atoms with Gasteiger partial charge in [0.2, 0.25) is 10.0 Å². The van der Waals surface area contributed by atoms with E-state index in [1.54, 1.807) is 4.72 Å². The molecular weight excluding hydrogens is 391 g/mol. The molecule has 4 aliphatic rings. The van der Waals surface area contributed by atoms with E-state index in [0.29, 0.717) is 5.69 Å². The summed E-state index contributed by atoms with van der Waals surface area (Å²) in [5.74, 6) is 0.657. The summed E-state index contributed by atoms with van der Waals surface area (Å²) < 4.78 is 38.5. The summed E-state index contributed by atoms with van der Waals surface area (Å²) in [6, 6.07) is 2.36. The number of anilines is 1. The Morgan fingerprint density at radius 2 is 1.74 bits per heavy atom. The van der Waals surface area contributed by atoms with Gasteiger partial charge in [0.05, 0.1) is 22.5 Å². The largest absolute Gasteiger partial charge is 0.383 e. The van der Waals surface area contributed by atoms with E-state index in [1.807, 2.05) is 0 Å². The van der Waals surface area contributed by atoms with Crippen LogP contribution in [-0.4, -0.2) is 27.1 Å². The normalized spacial score (nSPS) is 31.7. The molecule has 4 aliphatic carbocycles. The van der Waals surface area contributed by atoms with Gasteiger partial charge in [-0.05, 0) is 73.8 Å². The van der Waals surface area contributed by atoms with Crippen LogP contribution in [0.4, 0.5) is 10.1 Å². The average molecular weight is 415 g/mol. The minimum absolute atomic E-state index is 0.208. The van der Waals surface area contributed by atoms with Gasteiger partial charge in [-0.2, -0.15) is 0 Å². The maximum Gasteiger partial charge on any atom is 0.267 e. The molecule has 5 nitrogen and oxygen atoms in total. The first-order valence-electron chi connectivity index (χ1n) is 9.37. The first-order valence-corrected chi connectivity index (χ1v) is 11.6. The molecule has 1 amide bonds. The number of hydrogen-bond acceptors (Lipinski definition) is 4. The van der Waals surface area contributed by atoms with Crippen LogP contribution >= 0.6 is 11.6 Å². The summed E-state index contributed by atoms with van der Waals surface area (Å²) in [7, 11) is -3.77. The van der Waals surface area contributed by atoms with E-state index in [-0.39, 0.29) is 16.0 Å². The lowest BCUT2D eigenvalue weighted by Gasteiger charge is -2.57. The van der Waals surface area contributed by atoms with E-state index in [2.05, 4.69) is 5.32 Å². The molecule has 0 saturated heterocycles. The molecule has 0 aromatic heterocycles. The van der Waals surface area contributed by atoms with Crippen LogP contribution in [0.25, 0.3) is 0 Å². The highest BCUT2D eigenvalue weighted by molar-refractivity contribution is 7.89. The van der Waals surface area contributed by atoms with Crippen LogP contribution in [0.5, 0.6) is 0 Å². The van der Waals surface area contributed by atoms with Crippen molar-refractivity contribution in [1.29, 1.82) is 0 Å². The number of carbonyl (C=O) groups is 1. The van der Waals surface area contributed by atoms with Crippen molar-refractivity contribution in [2.24, 2.45) is 23.2 Å². The minimum atomic E-state index is -3.77. The molecule has 0 radical (unpaired) electrons. The fourth-order valence-corrected chi connectivity index (χ4v) is 6.55. The van der Waals surface area contributed by atoms with Gasteiger partial charge in [-0.25, -0.2) is 17.5 Å². The molecule has 0 aliphatic heterocycles. The van der Waals surface area contributed by atoms with Crippen LogP contribution in [0, 0.1) is 29.0 Å². The highest BCUT2D eigenvalue weighted by atomic mass is 35.5. The molecular formula is C19H24ClFN2O3S. The van der Waals surface area contributed by atoms with Gasteiger partial charge in [-0.15, -0.1) is 0 Å². The Balaban J connectivity index is 1.49. The monoisotopic (exact) mass is 414 g/mol. The quantitative estimate of drug-likeness (QED) is 0.768. The molecule has 4 bridgehead atoms. The summed E-state index contributed by atoms with van der Waals surface area (Å²) in [6.07, 6.45) is 8.59. The summed E-state index contributed by atoms with van der Waals surface area (Å²) in [5, 5.41) is 3.51. The molecule has 5 rings (SSSR count). The SMILES string of the molecule is CS(=O)(=O)NC(=O)c1cc(Cl)c(NCC23CC4CC(CC(C4)C2)C3)cc1F. The third kappa shape index (κ3) is 3.94. The van der Waals surface area contributed by atoms with E-state index in [0.717, 1.165) is 30.6 Å². The molecule has 4 fully saturated rings. The van der Waals surface area contributed by atoms with Gasteiger partial charge < -0.3 is 5.32 Å². The Morgan fingerprint density at radius 1 is 1.19 bits per heavy atom. The van der Waals surface area contributed by atoms with Gasteiger partial charge >= 0.3 is 0 Å². The topological polar surface area (TPSA) is 75.3 Å². The molecule has 4 saturated carbocycles. The van der Waals surface area contributed by atoms with E-state index in [9.17, 15) is 17.6 Å². The number of rotatable bonds is 5. The fraction of sp³-hybridized carbons (Fsp3) is 0.632. The lowest BCUT2D eigenvalue weighted by molar-refractivity contribution is -0.0444. The number of halogens is 2. The van der Waals surface area contributed by atoms with Gasteiger partial charge in [0.25, 0.3) is 5.91 Å². The second-order valence-corrected chi connectivity index (χ2v) is 10.9. The predicted octanol–water partition coefficient (Wildman–Crippen LogP) is 3.80. The van der Waals surface area contributed by atoms with E-state index in [1.165, 1.54) is 50.7 Å². The molecule has 0 unspecified atom stereocenters. The Hall–Kier alpha value is -1.34. The Bertz CT molecular complexity index is 852. The lowest BCUT2D eigenvalue weighted by atomic mass is 9.49. The van der Waals surface area contributed by atoms with Crippen molar-refractivity contribution in [1.82, 2.24) is 4.72 Å². The highest BCUT2D eigenvalue weighted by Crippen LogP contribution is 2.60. The van der Waals surface area contributed by atoms with Crippen molar-refractivity contribution < 1.29 is 17.6 Å². The van der Waals surface area contributed by atoms with E-state index in [4.69, 9.17) is 11.6 Å². The number of benzene rings is 1. The zero-order chi connectivity index (χ0) is 19.4. The molecule has 8 heteroatoms. The van der Waals surface area contributed by atoms with Gasteiger partial charge in [-0.1, -0.05) is 11.6 Å². The maximum absolute atomic E-state index is 14.4. The van der Waals surface area contributed by atoms with Crippen molar-refractivity contribution in [3.05, 3.63) is 28.5 Å². The van der Waals surface area contributed by atoms with Gasteiger partial charge in [0, 0.05) is 6.54 Å². The van der Waals surface area contributed by atoms with Crippen molar-refractivity contribution in [2.45, 2.75) is 38.5 Å². The molecule has 1 aromatic carbocycles. The van der Waals surface area contributed by atoms with Crippen LogP contribution in [0.15, 0.2) is 12.1 Å². The molecule has 1 aromatic rings. The highest BCUT2D eigenvalue weighted by Gasteiger charge is 2.50. The Labute approximate surface area is 164 Å². The average Bonchev–Trinajstić information content (AvgIpc) is 2.52. The van der Waals surface area contributed by atoms with Crippen LogP contribution in [0.2, 0.25) is 5.02 Å². The van der Waals surface area contributed by atoms with Crippen molar-refractivity contribution >= 4 is 33.2 Å². The summed E-state index contributed by atoms with van der Waals surface area (Å²) in [4.78, 5) is 11.9. The van der Waals surface area contributed by atoms with Gasteiger partial charge in [0.1, 0.15) is 5.82 Å². The van der Waals surface area contributed by atoms with Gasteiger partial charge in [-0.3, -0.25) is 4.79 Å². The second-order valence-electron chi connectivity index (χ2n) is 8.79. The van der Waals surface area contributed by atoms with Crippen molar-refractivity contribution in [3.63, 3.8) is 0 Å². The predicted molar refractivity (Wildman–Crippen MR) is 103 cm³/mol. The summed E-state index contributed by atoms with van der Waals surface area (Å²) >= 11 is 6.24. The molecule has 0 heterocycles. The van der Waals surface area contributed by atoms with Crippen LogP contribution in [0.1, 0.15) is 48.9 Å². The van der Waals surface area contributed by atoms with Crippen molar-refractivity contribution in [2.75, 3.05) is 18.1 Å². The first kappa shape index (κ1) is 19.0. The number of amides is 1. The Kier molecular flexibility index (Phi) is 4.66. The fourth-order valence-electron chi connectivity index (χ4n) is 5.87. The number of carbonyl (C=O) groups excluding carboxylic acids is 1. The van der Waals surface area contributed by atoms with Crippen LogP contribution in [0.3, 0.4) is 0 Å². The first-order chi connectivity index (χ1) is 12.6.